The van der Waals surface area contributed by atoms with E-state index in [4.69, 9.17) is 0 Å². The van der Waals surface area contributed by atoms with Crippen molar-refractivity contribution >= 4 is 11.8 Å². The number of alkyl halides is 3. The Balaban J connectivity index is 1.73. The molecule has 2 aromatic heterocycles. The number of hydrogen-bond donors (Lipinski definition) is 1. The van der Waals surface area contributed by atoms with Gasteiger partial charge < -0.3 is 14.0 Å². The third-order valence-corrected chi connectivity index (χ3v) is 3.64. The van der Waals surface area contributed by atoms with Crippen LogP contribution in [0.5, 0.6) is 0 Å². The van der Waals surface area contributed by atoms with Gasteiger partial charge in [-0.1, -0.05) is 0 Å². The van der Waals surface area contributed by atoms with Crippen LogP contribution in [0, 0.1) is 0 Å². The lowest BCUT2D eigenvalue weighted by Crippen LogP contribution is -2.41. The fourth-order valence-corrected chi connectivity index (χ4v) is 2.40. The SMILES string of the molecule is Cn1cnc(NC(=O)N2CCn3c(cnc3C(F)(F)F)C2)cc1=O. The number of carbonyl (C=O) groups is 1. The normalized spacial score (nSPS) is 14.4. The maximum absolute atomic E-state index is 12.8. The van der Waals surface area contributed by atoms with Crippen LogP contribution >= 0.6 is 0 Å². The summed E-state index contributed by atoms with van der Waals surface area (Å²) in [7, 11) is 1.52. The summed E-state index contributed by atoms with van der Waals surface area (Å²) in [5.41, 5.74) is -0.0486. The minimum Gasteiger partial charge on any atom is -0.321 e. The van der Waals surface area contributed by atoms with Gasteiger partial charge in [-0.25, -0.2) is 14.8 Å². The third-order valence-electron chi connectivity index (χ3n) is 3.64. The lowest BCUT2D eigenvalue weighted by molar-refractivity contribution is -0.147. The third kappa shape index (κ3) is 2.96. The number of halogens is 3. The summed E-state index contributed by atoms with van der Waals surface area (Å²) in [5, 5.41) is 2.46. The molecule has 0 fully saturated rings. The molecule has 1 aliphatic rings. The Hall–Kier alpha value is -2.85. The van der Waals surface area contributed by atoms with Gasteiger partial charge in [-0.05, 0) is 0 Å². The first-order valence-corrected chi connectivity index (χ1v) is 6.96. The molecule has 11 heteroatoms. The molecule has 0 radical (unpaired) electrons. The number of hydrogen-bond acceptors (Lipinski definition) is 4. The molecule has 3 heterocycles. The van der Waals surface area contributed by atoms with Crippen molar-refractivity contribution in [3.63, 3.8) is 0 Å². The molecule has 1 N–H and O–H groups in total. The summed E-state index contributed by atoms with van der Waals surface area (Å²) in [4.78, 5) is 32.3. The van der Waals surface area contributed by atoms with Crippen molar-refractivity contribution < 1.29 is 18.0 Å². The number of amides is 2. The Morgan fingerprint density at radius 1 is 1.29 bits per heavy atom. The van der Waals surface area contributed by atoms with Crippen molar-refractivity contribution in [3.05, 3.63) is 40.5 Å². The zero-order valence-electron chi connectivity index (χ0n) is 12.5. The van der Waals surface area contributed by atoms with E-state index in [1.807, 2.05) is 0 Å². The van der Waals surface area contributed by atoms with Crippen molar-refractivity contribution in [1.82, 2.24) is 24.0 Å². The number of aromatic nitrogens is 4. The summed E-state index contributed by atoms with van der Waals surface area (Å²) in [6.45, 7) is 0.0600. The molecule has 0 aromatic carbocycles. The van der Waals surface area contributed by atoms with Crippen LogP contribution in [0.3, 0.4) is 0 Å². The molecule has 2 amide bonds. The highest BCUT2D eigenvalue weighted by Crippen LogP contribution is 2.30. The van der Waals surface area contributed by atoms with Crippen molar-refractivity contribution in [2.75, 3.05) is 11.9 Å². The van der Waals surface area contributed by atoms with Gasteiger partial charge in [-0.3, -0.25) is 10.1 Å². The van der Waals surface area contributed by atoms with Gasteiger partial charge in [0.1, 0.15) is 5.82 Å². The van der Waals surface area contributed by atoms with E-state index in [9.17, 15) is 22.8 Å². The Labute approximate surface area is 133 Å². The molecular formula is C13H13F3N6O2. The van der Waals surface area contributed by atoms with Crippen LogP contribution in [0.25, 0.3) is 0 Å². The van der Waals surface area contributed by atoms with E-state index in [2.05, 4.69) is 15.3 Å². The molecule has 0 saturated heterocycles. The first-order valence-electron chi connectivity index (χ1n) is 6.96. The van der Waals surface area contributed by atoms with Gasteiger partial charge in [0.2, 0.25) is 5.82 Å². The van der Waals surface area contributed by atoms with E-state index in [1.165, 1.54) is 22.8 Å². The largest absolute Gasteiger partial charge is 0.449 e. The fraction of sp³-hybridized carbons (Fsp3) is 0.385. The topological polar surface area (TPSA) is 85.1 Å². The second kappa shape index (κ2) is 5.65. The lowest BCUT2D eigenvalue weighted by Gasteiger charge is -2.29. The Morgan fingerprint density at radius 2 is 2.04 bits per heavy atom. The fourth-order valence-electron chi connectivity index (χ4n) is 2.40. The predicted octanol–water partition coefficient (Wildman–Crippen LogP) is 1.04. The molecule has 2 aromatic rings. The minimum atomic E-state index is -4.53. The zero-order chi connectivity index (χ0) is 17.5. The summed E-state index contributed by atoms with van der Waals surface area (Å²) in [6, 6.07) is 0.616. The first-order chi connectivity index (χ1) is 11.3. The number of nitrogens with one attached hydrogen (secondary N) is 1. The van der Waals surface area contributed by atoms with Crippen LogP contribution < -0.4 is 10.9 Å². The molecule has 0 unspecified atom stereocenters. The van der Waals surface area contributed by atoms with E-state index in [0.29, 0.717) is 5.69 Å². The van der Waals surface area contributed by atoms with Gasteiger partial charge in [0, 0.05) is 26.2 Å². The zero-order valence-corrected chi connectivity index (χ0v) is 12.5. The number of imidazole rings is 1. The maximum atomic E-state index is 12.8. The molecule has 0 spiro atoms. The second-order valence-corrected chi connectivity index (χ2v) is 5.30. The minimum absolute atomic E-state index is 0.0123. The van der Waals surface area contributed by atoms with Crippen molar-refractivity contribution in [3.8, 4) is 0 Å². The lowest BCUT2D eigenvalue weighted by atomic mass is 10.3. The maximum Gasteiger partial charge on any atom is 0.449 e. The monoisotopic (exact) mass is 342 g/mol. The number of carbonyl (C=O) groups excluding carboxylic acids is 1. The van der Waals surface area contributed by atoms with Crippen LogP contribution in [0.15, 0.2) is 23.4 Å². The van der Waals surface area contributed by atoms with Gasteiger partial charge in [-0.2, -0.15) is 13.2 Å². The van der Waals surface area contributed by atoms with E-state index < -0.39 is 18.0 Å². The molecule has 24 heavy (non-hydrogen) atoms. The number of aryl methyl sites for hydroxylation is 1. The van der Waals surface area contributed by atoms with Crippen molar-refractivity contribution in [2.24, 2.45) is 7.05 Å². The number of urea groups is 1. The molecule has 0 saturated carbocycles. The molecule has 3 rings (SSSR count). The van der Waals surface area contributed by atoms with Gasteiger partial charge in [-0.15, -0.1) is 0 Å². The molecule has 0 bridgehead atoms. The number of rotatable bonds is 1. The number of nitrogens with zero attached hydrogens (tertiary/aromatic N) is 5. The van der Waals surface area contributed by atoms with Crippen LogP contribution in [-0.2, 0) is 26.3 Å². The quantitative estimate of drug-likeness (QED) is 0.839. The first kappa shape index (κ1) is 16.0. The average Bonchev–Trinajstić information content (AvgIpc) is 2.94. The summed E-state index contributed by atoms with van der Waals surface area (Å²) < 4.78 is 40.7. The standard InChI is InChI=1S/C13H13F3N6O2/c1-20-7-18-9(4-10(20)23)19-12(24)21-2-3-22-8(6-21)5-17-11(22)13(14,15)16/h4-5,7H,2-3,6H2,1H3,(H,19,24). The molecule has 8 nitrogen and oxygen atoms in total. The van der Waals surface area contributed by atoms with Crippen LogP contribution in [-0.4, -0.2) is 36.6 Å². The van der Waals surface area contributed by atoms with Gasteiger partial charge in [0.25, 0.3) is 5.56 Å². The number of anilines is 1. The van der Waals surface area contributed by atoms with Crippen LogP contribution in [0.4, 0.5) is 23.8 Å². The Kier molecular flexibility index (Phi) is 3.78. The van der Waals surface area contributed by atoms with Crippen molar-refractivity contribution in [2.45, 2.75) is 19.3 Å². The van der Waals surface area contributed by atoms with Gasteiger partial charge >= 0.3 is 12.2 Å². The highest BCUT2D eigenvalue weighted by Gasteiger charge is 2.38. The second-order valence-electron chi connectivity index (χ2n) is 5.30. The highest BCUT2D eigenvalue weighted by atomic mass is 19.4. The van der Waals surface area contributed by atoms with E-state index >= 15 is 0 Å². The van der Waals surface area contributed by atoms with E-state index in [-0.39, 0.29) is 31.0 Å². The summed E-state index contributed by atoms with van der Waals surface area (Å²) >= 11 is 0. The van der Waals surface area contributed by atoms with Gasteiger partial charge in [0.15, 0.2) is 0 Å². The Bertz CT molecular complexity index is 841. The molecule has 128 valence electrons. The summed E-state index contributed by atoms with van der Waals surface area (Å²) in [5.74, 6) is -0.885. The summed E-state index contributed by atoms with van der Waals surface area (Å²) in [6.07, 6.45) is -2.16. The van der Waals surface area contributed by atoms with E-state index in [0.717, 1.165) is 16.8 Å². The van der Waals surface area contributed by atoms with Crippen molar-refractivity contribution in [1.29, 1.82) is 0 Å². The van der Waals surface area contributed by atoms with E-state index in [1.54, 1.807) is 0 Å². The highest BCUT2D eigenvalue weighted by molar-refractivity contribution is 5.88. The predicted molar refractivity (Wildman–Crippen MR) is 76.1 cm³/mol. The van der Waals surface area contributed by atoms with Crippen LogP contribution in [0.2, 0.25) is 0 Å². The average molecular weight is 342 g/mol. The molecule has 0 aliphatic carbocycles. The van der Waals surface area contributed by atoms with Gasteiger partial charge in [0.05, 0.1) is 24.8 Å². The van der Waals surface area contributed by atoms with Crippen LogP contribution in [0.1, 0.15) is 11.5 Å². The number of fused-ring (bicyclic) bond motifs is 1. The molecule has 1 aliphatic heterocycles. The Morgan fingerprint density at radius 3 is 2.71 bits per heavy atom. The molecule has 0 atom stereocenters. The smallest absolute Gasteiger partial charge is 0.321 e. The molecular weight excluding hydrogens is 329 g/mol.